The van der Waals surface area contributed by atoms with Crippen molar-refractivity contribution >= 4 is 40.2 Å². The number of ether oxygens (including phenoxy) is 1. The maximum atomic E-state index is 11.4. The van der Waals surface area contributed by atoms with E-state index in [2.05, 4.69) is 4.98 Å². The zero-order chi connectivity index (χ0) is 28.0. The zero-order valence-corrected chi connectivity index (χ0v) is 27.0. The number of aryl methyl sites for hydroxylation is 1. The van der Waals surface area contributed by atoms with Crippen LogP contribution in [-0.2, 0) is 23.4 Å². The maximum absolute atomic E-state index is 11.4. The van der Waals surface area contributed by atoms with E-state index < -0.39 is 17.5 Å². The molecule has 4 aromatic rings. The molecule has 8 heteroatoms. The number of benzene rings is 3. The first-order valence-electron chi connectivity index (χ1n) is 13.0. The first-order valence-corrected chi connectivity index (χ1v) is 14.4. The standard InChI is InChI=1S/C32H34ClNO4S.Na/c1-21(31(35)36)20-39-30(16-13-22-7-4-5-10-28(22)32(2,3)37)24-8-6-9-27(17-24)38-19-26-15-12-23-11-14-25(33)18-29(23)34-26;/h4-12,14-15,17-18,21,30,37H,13,16,19-20H2,1-3H3,(H,35,36);/q;+1/p-1/t21-,30-;/m0./s1. The SMILES string of the molecule is C[C@@H](CS[C@@H](CCc1ccccc1C(C)(C)O)c1cccc(OCc2ccc3ccc(Cl)cc3n2)c1)C(=O)[O-].[Na+]. The summed E-state index contributed by atoms with van der Waals surface area (Å²) in [6.45, 7) is 5.56. The van der Waals surface area contributed by atoms with Crippen molar-refractivity contribution in [3.8, 4) is 5.75 Å². The Labute approximate surface area is 267 Å². The molecule has 0 amide bonds. The number of nitrogens with zero attached hydrogens (tertiary/aromatic N) is 1. The van der Waals surface area contributed by atoms with Crippen LogP contribution < -0.4 is 39.4 Å². The molecule has 1 aromatic heterocycles. The van der Waals surface area contributed by atoms with Crippen LogP contribution in [0, 0.1) is 5.92 Å². The van der Waals surface area contributed by atoms with Crippen LogP contribution in [-0.4, -0.2) is 21.8 Å². The molecule has 5 nitrogen and oxygen atoms in total. The summed E-state index contributed by atoms with van der Waals surface area (Å²) in [6, 6.07) is 25.4. The number of rotatable bonds is 12. The van der Waals surface area contributed by atoms with Crippen molar-refractivity contribution < 1.29 is 49.3 Å². The minimum atomic E-state index is -1.05. The second-order valence-electron chi connectivity index (χ2n) is 10.3. The number of hydrogen-bond acceptors (Lipinski definition) is 6. The van der Waals surface area contributed by atoms with Crippen LogP contribution in [0.4, 0.5) is 0 Å². The maximum Gasteiger partial charge on any atom is 1.00 e. The van der Waals surface area contributed by atoms with Crippen molar-refractivity contribution in [1.29, 1.82) is 0 Å². The number of aliphatic hydroxyl groups is 1. The Morgan fingerprint density at radius 3 is 2.58 bits per heavy atom. The van der Waals surface area contributed by atoms with Crippen molar-refractivity contribution in [3.63, 3.8) is 0 Å². The molecule has 0 aliphatic carbocycles. The van der Waals surface area contributed by atoms with Crippen LogP contribution >= 0.6 is 23.4 Å². The number of halogens is 1. The molecule has 0 fully saturated rings. The third-order valence-corrected chi connectivity index (χ3v) is 8.47. The van der Waals surface area contributed by atoms with Gasteiger partial charge in [0.05, 0.1) is 16.8 Å². The number of pyridine rings is 1. The van der Waals surface area contributed by atoms with Gasteiger partial charge in [-0.3, -0.25) is 0 Å². The number of carboxylic acids is 1. The fourth-order valence-electron chi connectivity index (χ4n) is 4.47. The van der Waals surface area contributed by atoms with E-state index in [0.717, 1.165) is 51.9 Å². The molecule has 1 heterocycles. The number of aliphatic carboxylic acids is 1. The molecule has 4 rings (SSSR count). The van der Waals surface area contributed by atoms with Crippen LogP contribution in [0.2, 0.25) is 5.02 Å². The van der Waals surface area contributed by atoms with Gasteiger partial charge < -0.3 is 19.7 Å². The quantitative estimate of drug-likeness (QED) is 0.256. The Balaban J connectivity index is 0.00000441. The predicted molar refractivity (Wildman–Crippen MR) is 157 cm³/mol. The summed E-state index contributed by atoms with van der Waals surface area (Å²) in [5.74, 6) is -0.451. The van der Waals surface area contributed by atoms with Gasteiger partial charge in [-0.05, 0) is 73.7 Å². The minimum absolute atomic E-state index is 0. The number of hydrogen-bond donors (Lipinski definition) is 1. The molecule has 1 N–H and O–H groups in total. The molecule has 0 spiro atoms. The molecule has 0 saturated carbocycles. The smallest absolute Gasteiger partial charge is 0.550 e. The van der Waals surface area contributed by atoms with Gasteiger partial charge in [-0.2, -0.15) is 11.8 Å². The molecule has 2 atom stereocenters. The van der Waals surface area contributed by atoms with Gasteiger partial charge in [0.2, 0.25) is 0 Å². The van der Waals surface area contributed by atoms with Crippen molar-refractivity contribution in [2.24, 2.45) is 5.92 Å². The third-order valence-electron chi connectivity index (χ3n) is 6.63. The van der Waals surface area contributed by atoms with Crippen LogP contribution in [0.1, 0.15) is 54.8 Å². The number of carbonyl (C=O) groups excluding carboxylic acids is 1. The summed E-state index contributed by atoms with van der Waals surface area (Å²) in [5.41, 5.74) is 3.71. The number of carboxylic acid groups (broad SMARTS) is 1. The summed E-state index contributed by atoms with van der Waals surface area (Å²) < 4.78 is 6.11. The first kappa shape index (κ1) is 32.5. The Morgan fingerprint density at radius 2 is 1.82 bits per heavy atom. The van der Waals surface area contributed by atoms with E-state index in [9.17, 15) is 15.0 Å². The number of thioether (sulfide) groups is 1. The second kappa shape index (κ2) is 14.7. The second-order valence-corrected chi connectivity index (χ2v) is 12.0. The third kappa shape index (κ3) is 8.97. The number of carbonyl (C=O) groups is 1. The van der Waals surface area contributed by atoms with E-state index in [1.807, 2.05) is 78.9 Å². The first-order chi connectivity index (χ1) is 18.6. The minimum Gasteiger partial charge on any atom is -0.550 e. The Bertz CT molecular complexity index is 1440. The summed E-state index contributed by atoms with van der Waals surface area (Å²) >= 11 is 7.73. The molecule has 0 aliphatic heterocycles. The van der Waals surface area contributed by atoms with E-state index in [0.29, 0.717) is 17.4 Å². The van der Waals surface area contributed by atoms with Crippen LogP contribution in [0.3, 0.4) is 0 Å². The summed E-state index contributed by atoms with van der Waals surface area (Å²) in [4.78, 5) is 16.0. The molecule has 0 unspecified atom stereocenters. The molecular formula is C32H33ClNNaO4S. The van der Waals surface area contributed by atoms with Crippen LogP contribution in [0.5, 0.6) is 5.75 Å². The number of fused-ring (bicyclic) bond motifs is 1. The molecule has 3 aromatic carbocycles. The van der Waals surface area contributed by atoms with Gasteiger partial charge in [-0.25, -0.2) is 4.98 Å². The normalized spacial score (nSPS) is 12.9. The Kier molecular flexibility index (Phi) is 11.9. The van der Waals surface area contributed by atoms with E-state index in [1.165, 1.54) is 0 Å². The van der Waals surface area contributed by atoms with E-state index in [4.69, 9.17) is 16.3 Å². The molecule has 204 valence electrons. The van der Waals surface area contributed by atoms with Gasteiger partial charge in [0.15, 0.2) is 0 Å². The molecule has 0 bridgehead atoms. The topological polar surface area (TPSA) is 82.5 Å². The molecule has 0 radical (unpaired) electrons. The molecular weight excluding hydrogens is 553 g/mol. The van der Waals surface area contributed by atoms with E-state index >= 15 is 0 Å². The Hall–Kier alpha value is -2.06. The van der Waals surface area contributed by atoms with Gasteiger partial charge in [0.25, 0.3) is 0 Å². The summed E-state index contributed by atoms with van der Waals surface area (Å²) in [6.07, 6.45) is 1.51. The van der Waals surface area contributed by atoms with E-state index in [-0.39, 0.29) is 34.8 Å². The Morgan fingerprint density at radius 1 is 1.07 bits per heavy atom. The van der Waals surface area contributed by atoms with Gasteiger partial charge in [0, 0.05) is 33.3 Å². The van der Waals surface area contributed by atoms with Gasteiger partial charge >= 0.3 is 29.6 Å². The zero-order valence-electron chi connectivity index (χ0n) is 23.4. The van der Waals surface area contributed by atoms with Crippen molar-refractivity contribution in [2.45, 2.75) is 51.1 Å². The van der Waals surface area contributed by atoms with Gasteiger partial charge in [0.1, 0.15) is 12.4 Å². The largest absolute Gasteiger partial charge is 1.00 e. The van der Waals surface area contributed by atoms with Gasteiger partial charge in [-0.1, -0.05) is 67.1 Å². The van der Waals surface area contributed by atoms with Crippen molar-refractivity contribution in [1.82, 2.24) is 4.98 Å². The van der Waals surface area contributed by atoms with Crippen molar-refractivity contribution in [2.75, 3.05) is 5.75 Å². The average molecular weight is 586 g/mol. The summed E-state index contributed by atoms with van der Waals surface area (Å²) in [5, 5.41) is 23.7. The van der Waals surface area contributed by atoms with Crippen molar-refractivity contribution in [3.05, 3.63) is 106 Å². The monoisotopic (exact) mass is 585 g/mol. The van der Waals surface area contributed by atoms with Gasteiger partial charge in [-0.15, -0.1) is 0 Å². The molecule has 0 aliphatic rings. The number of aromatic nitrogens is 1. The summed E-state index contributed by atoms with van der Waals surface area (Å²) in [7, 11) is 0. The fourth-order valence-corrected chi connectivity index (χ4v) is 5.92. The van der Waals surface area contributed by atoms with Crippen LogP contribution in [0.25, 0.3) is 10.9 Å². The van der Waals surface area contributed by atoms with E-state index in [1.54, 1.807) is 32.5 Å². The molecule has 40 heavy (non-hydrogen) atoms. The fraction of sp³-hybridized carbons (Fsp3) is 0.312. The predicted octanol–water partition coefficient (Wildman–Crippen LogP) is 3.49. The average Bonchev–Trinajstić information content (AvgIpc) is 2.91. The van der Waals surface area contributed by atoms with Crippen LogP contribution in [0.15, 0.2) is 78.9 Å². The molecule has 0 saturated heterocycles.